The van der Waals surface area contributed by atoms with Gasteiger partial charge in [0.15, 0.2) is 0 Å². The second kappa shape index (κ2) is 6.69. The highest BCUT2D eigenvalue weighted by Gasteiger charge is 2.31. The van der Waals surface area contributed by atoms with Crippen molar-refractivity contribution < 1.29 is 23.4 Å². The van der Waals surface area contributed by atoms with Crippen LogP contribution < -0.4 is 10.9 Å². The Balaban J connectivity index is 0.000000200. The van der Waals surface area contributed by atoms with E-state index in [1.807, 2.05) is 0 Å². The summed E-state index contributed by atoms with van der Waals surface area (Å²) in [6.45, 7) is 1.35. The summed E-state index contributed by atoms with van der Waals surface area (Å²) < 4.78 is 35.4. The van der Waals surface area contributed by atoms with Gasteiger partial charge in [0.2, 0.25) is 5.56 Å². The summed E-state index contributed by atoms with van der Waals surface area (Å²) in [6.07, 6.45) is -4.86. The average molecular weight is 280 g/mol. The van der Waals surface area contributed by atoms with Crippen LogP contribution in [-0.2, 0) is 6.18 Å². The molecule has 1 fully saturated rings. The fourth-order valence-corrected chi connectivity index (χ4v) is 1.44. The molecule has 8 heteroatoms. The van der Waals surface area contributed by atoms with E-state index in [0.717, 1.165) is 24.7 Å². The first-order valence-corrected chi connectivity index (χ1v) is 5.64. The lowest BCUT2D eigenvalue weighted by atomic mass is 10.1. The molecule has 1 saturated heterocycles. The minimum absolute atomic E-state index is 0.503. The molecule has 1 aliphatic heterocycles. The summed E-state index contributed by atoms with van der Waals surface area (Å²) in [4.78, 5) is 12.0. The smallest absolute Gasteiger partial charge is 0.390 e. The van der Waals surface area contributed by atoms with Crippen LogP contribution in [0.15, 0.2) is 23.0 Å². The molecule has 2 heterocycles. The quantitative estimate of drug-likeness (QED) is 0.543. The average Bonchev–Trinajstić information content (AvgIpc) is 2.33. The maximum absolute atomic E-state index is 11.8. The third kappa shape index (κ3) is 5.41. The van der Waals surface area contributed by atoms with E-state index in [2.05, 4.69) is 5.32 Å². The fourth-order valence-electron chi connectivity index (χ4n) is 1.44. The van der Waals surface area contributed by atoms with Crippen LogP contribution in [0.4, 0.5) is 13.2 Å². The number of aliphatic hydroxyl groups is 2. The normalized spacial score (nSPS) is 23.4. The summed E-state index contributed by atoms with van der Waals surface area (Å²) in [5.74, 6) is 0. The minimum Gasteiger partial charge on any atom is -0.390 e. The number of alkyl halides is 3. The Morgan fingerprint density at radius 1 is 1.21 bits per heavy atom. The molecule has 5 nitrogen and oxygen atoms in total. The van der Waals surface area contributed by atoms with E-state index in [0.29, 0.717) is 13.0 Å². The van der Waals surface area contributed by atoms with Gasteiger partial charge in [-0.2, -0.15) is 13.2 Å². The molecule has 0 amide bonds. The number of aliphatic hydroxyl groups excluding tert-OH is 2. The van der Waals surface area contributed by atoms with Gasteiger partial charge >= 0.3 is 6.18 Å². The van der Waals surface area contributed by atoms with Crippen molar-refractivity contribution in [2.45, 2.75) is 24.8 Å². The molecule has 1 aliphatic rings. The number of β-amino-alcohol motifs (C(OH)–C–C–N with tert-alkyl or cyclic N) is 1. The van der Waals surface area contributed by atoms with Crippen molar-refractivity contribution in [1.82, 2.24) is 10.3 Å². The van der Waals surface area contributed by atoms with Crippen molar-refractivity contribution in [1.29, 1.82) is 0 Å². The molecule has 0 aromatic carbocycles. The van der Waals surface area contributed by atoms with Gasteiger partial charge in [-0.1, -0.05) is 6.07 Å². The van der Waals surface area contributed by atoms with Gasteiger partial charge < -0.3 is 20.5 Å². The molecule has 19 heavy (non-hydrogen) atoms. The topological polar surface area (TPSA) is 85.4 Å². The van der Waals surface area contributed by atoms with Gasteiger partial charge in [-0.15, -0.1) is 0 Å². The van der Waals surface area contributed by atoms with Crippen LogP contribution in [0.25, 0.3) is 0 Å². The van der Waals surface area contributed by atoms with E-state index in [4.69, 9.17) is 10.2 Å². The van der Waals surface area contributed by atoms with E-state index in [1.165, 1.54) is 0 Å². The molecule has 2 unspecified atom stereocenters. The molecule has 2 rings (SSSR count). The van der Waals surface area contributed by atoms with Crippen molar-refractivity contribution >= 4 is 0 Å². The highest BCUT2D eigenvalue weighted by molar-refractivity contribution is 5.06. The Bertz CT molecular complexity index is 437. The molecule has 108 valence electrons. The van der Waals surface area contributed by atoms with Crippen LogP contribution in [0.3, 0.4) is 0 Å². The van der Waals surface area contributed by atoms with E-state index < -0.39 is 29.6 Å². The van der Waals surface area contributed by atoms with Crippen LogP contribution in [0, 0.1) is 0 Å². The Hall–Kier alpha value is -1.38. The number of hydrogen-bond acceptors (Lipinski definition) is 4. The maximum Gasteiger partial charge on any atom is 0.431 e. The zero-order valence-corrected chi connectivity index (χ0v) is 9.94. The summed E-state index contributed by atoms with van der Waals surface area (Å²) in [7, 11) is 0. The number of aromatic amines is 1. The van der Waals surface area contributed by atoms with Crippen LogP contribution in [0.5, 0.6) is 0 Å². The molecular weight excluding hydrogens is 265 g/mol. The Morgan fingerprint density at radius 3 is 2.26 bits per heavy atom. The third-order valence-corrected chi connectivity index (χ3v) is 2.49. The maximum atomic E-state index is 11.8. The molecular formula is C11H15F3N2O3. The first-order chi connectivity index (χ1) is 8.80. The second-order valence-electron chi connectivity index (χ2n) is 4.05. The second-order valence-corrected chi connectivity index (χ2v) is 4.05. The van der Waals surface area contributed by atoms with Gasteiger partial charge in [0, 0.05) is 12.6 Å². The van der Waals surface area contributed by atoms with E-state index in [-0.39, 0.29) is 0 Å². The number of aromatic nitrogens is 1. The van der Waals surface area contributed by atoms with Crippen LogP contribution >= 0.6 is 0 Å². The lowest BCUT2D eigenvalue weighted by Gasteiger charge is -2.23. The summed E-state index contributed by atoms with van der Waals surface area (Å²) in [5.41, 5.74) is -1.77. The van der Waals surface area contributed by atoms with Crippen molar-refractivity contribution in [3.05, 3.63) is 34.2 Å². The van der Waals surface area contributed by atoms with Crippen molar-refractivity contribution in [3.63, 3.8) is 0 Å². The molecule has 0 aliphatic carbocycles. The lowest BCUT2D eigenvalue weighted by molar-refractivity contribution is -0.141. The molecule has 1 aromatic heterocycles. The molecule has 2 atom stereocenters. The zero-order chi connectivity index (χ0) is 14.5. The number of H-pyrrole nitrogens is 1. The van der Waals surface area contributed by atoms with Gasteiger partial charge in [-0.25, -0.2) is 0 Å². The summed E-state index contributed by atoms with van der Waals surface area (Å²) >= 11 is 0. The predicted molar refractivity (Wildman–Crippen MR) is 61.6 cm³/mol. The van der Waals surface area contributed by atoms with Gasteiger partial charge in [-0.05, 0) is 19.0 Å². The van der Waals surface area contributed by atoms with Crippen LogP contribution in [0.1, 0.15) is 12.1 Å². The van der Waals surface area contributed by atoms with E-state index in [1.54, 1.807) is 4.98 Å². The SMILES string of the molecule is O=c1cccc(C(F)(F)F)[nH]1.OC1CCNCC1O. The standard InChI is InChI=1S/C6H4F3NO.C5H11NO2/c7-6(8,9)4-2-1-3-5(11)10-4;7-4-1-2-6-3-5(4)8/h1-3H,(H,10,11);4-8H,1-3H2. The monoisotopic (exact) mass is 280 g/mol. The number of piperidine rings is 1. The van der Waals surface area contributed by atoms with Gasteiger partial charge in [0.05, 0.1) is 12.2 Å². The molecule has 1 aromatic rings. The first-order valence-electron chi connectivity index (χ1n) is 5.64. The highest BCUT2D eigenvalue weighted by Crippen LogP contribution is 2.25. The van der Waals surface area contributed by atoms with E-state index >= 15 is 0 Å². The summed E-state index contributed by atoms with van der Waals surface area (Å²) in [6, 6.07) is 2.89. The molecule has 0 bridgehead atoms. The fraction of sp³-hybridized carbons (Fsp3) is 0.545. The summed E-state index contributed by atoms with van der Waals surface area (Å²) in [5, 5.41) is 20.7. The number of halogens is 3. The lowest BCUT2D eigenvalue weighted by Crippen LogP contribution is -2.43. The van der Waals surface area contributed by atoms with Gasteiger partial charge in [0.1, 0.15) is 5.69 Å². The number of hydrogen-bond donors (Lipinski definition) is 4. The minimum atomic E-state index is -4.47. The predicted octanol–water partition coefficient (Wildman–Crippen LogP) is 0.0952. The largest absolute Gasteiger partial charge is 0.431 e. The molecule has 0 saturated carbocycles. The Morgan fingerprint density at radius 2 is 1.89 bits per heavy atom. The first kappa shape index (κ1) is 15.7. The number of nitrogens with one attached hydrogen (secondary N) is 2. The number of pyridine rings is 1. The van der Waals surface area contributed by atoms with Crippen LogP contribution in [0.2, 0.25) is 0 Å². The Kier molecular flexibility index (Phi) is 5.52. The molecule has 0 spiro atoms. The van der Waals surface area contributed by atoms with Crippen molar-refractivity contribution in [2.24, 2.45) is 0 Å². The van der Waals surface area contributed by atoms with Crippen molar-refractivity contribution in [3.8, 4) is 0 Å². The zero-order valence-electron chi connectivity index (χ0n) is 9.94. The van der Waals surface area contributed by atoms with Gasteiger partial charge in [0.25, 0.3) is 0 Å². The Labute approximate surface area is 107 Å². The molecule has 4 N–H and O–H groups in total. The highest BCUT2D eigenvalue weighted by atomic mass is 19.4. The van der Waals surface area contributed by atoms with Crippen LogP contribution in [-0.4, -0.2) is 40.5 Å². The van der Waals surface area contributed by atoms with E-state index in [9.17, 15) is 18.0 Å². The third-order valence-electron chi connectivity index (χ3n) is 2.49. The van der Waals surface area contributed by atoms with Crippen molar-refractivity contribution in [2.75, 3.05) is 13.1 Å². The van der Waals surface area contributed by atoms with Gasteiger partial charge in [-0.3, -0.25) is 4.79 Å². The number of rotatable bonds is 0. The molecule has 0 radical (unpaired) electrons.